The summed E-state index contributed by atoms with van der Waals surface area (Å²) in [6.45, 7) is 6.64. The van der Waals surface area contributed by atoms with Gasteiger partial charge >= 0.3 is 11.9 Å². The normalized spacial score (nSPS) is 11.8. The SMILES string of the molecule is COC(=O)c1c(C)[nH]c(C(=O)[C@H](C)OC(=O)CCC(=O)c2ccc(C)s2)c1C. The lowest BCUT2D eigenvalue weighted by molar-refractivity contribution is -0.146. The number of aryl methyl sites for hydroxylation is 2. The van der Waals surface area contributed by atoms with Gasteiger partial charge in [0.25, 0.3) is 0 Å². The number of ketones is 2. The summed E-state index contributed by atoms with van der Waals surface area (Å²) >= 11 is 1.38. The Bertz CT molecular complexity index is 923. The third-order valence-corrected chi connectivity index (χ3v) is 5.36. The topological polar surface area (TPSA) is 103 Å². The lowest BCUT2D eigenvalue weighted by Gasteiger charge is -2.12. The molecule has 0 bridgehead atoms. The first-order chi connectivity index (χ1) is 13.1. The highest BCUT2D eigenvalue weighted by Gasteiger charge is 2.27. The number of nitrogens with one attached hydrogen (secondary N) is 1. The highest BCUT2D eigenvalue weighted by molar-refractivity contribution is 7.14. The van der Waals surface area contributed by atoms with Crippen molar-refractivity contribution in [2.45, 2.75) is 46.6 Å². The van der Waals surface area contributed by atoms with Crippen LogP contribution in [0.2, 0.25) is 0 Å². The molecule has 150 valence electrons. The maximum atomic E-state index is 12.6. The maximum Gasteiger partial charge on any atom is 0.339 e. The molecule has 0 spiro atoms. The van der Waals surface area contributed by atoms with Crippen LogP contribution in [0.1, 0.15) is 66.4 Å². The highest BCUT2D eigenvalue weighted by atomic mass is 32.1. The Hall–Kier alpha value is -2.74. The molecule has 1 N–H and O–H groups in total. The standard InChI is InChI=1S/C20H23NO6S/c1-10-6-8-15(28-10)14(22)7-9-16(23)27-13(4)19(24)18-11(2)17(12(3)21-18)20(25)26-5/h6,8,13,21H,7,9H2,1-5H3/t13-/m0/s1. The number of aromatic nitrogens is 1. The fourth-order valence-electron chi connectivity index (χ4n) is 2.84. The average Bonchev–Trinajstić information content (AvgIpc) is 3.21. The van der Waals surface area contributed by atoms with Crippen molar-refractivity contribution >= 4 is 34.8 Å². The number of rotatable bonds is 8. The zero-order chi connectivity index (χ0) is 21.0. The van der Waals surface area contributed by atoms with Crippen molar-refractivity contribution in [1.29, 1.82) is 0 Å². The zero-order valence-electron chi connectivity index (χ0n) is 16.5. The molecular formula is C20H23NO6S. The molecule has 2 aromatic heterocycles. The van der Waals surface area contributed by atoms with Crippen LogP contribution in [0.25, 0.3) is 0 Å². The van der Waals surface area contributed by atoms with Gasteiger partial charge in [0.05, 0.1) is 29.7 Å². The highest BCUT2D eigenvalue weighted by Crippen LogP contribution is 2.21. The van der Waals surface area contributed by atoms with E-state index in [1.165, 1.54) is 25.4 Å². The number of Topliss-reactive ketones (excluding diaryl/α,β-unsaturated/α-hetero) is 2. The van der Waals surface area contributed by atoms with Crippen molar-refractivity contribution in [3.05, 3.63) is 44.4 Å². The third-order valence-electron chi connectivity index (χ3n) is 4.32. The molecule has 0 aliphatic rings. The Morgan fingerprint density at radius 3 is 2.36 bits per heavy atom. The van der Waals surface area contributed by atoms with Gasteiger partial charge in [-0.25, -0.2) is 4.79 Å². The predicted octanol–water partition coefficient (Wildman–Crippen LogP) is 3.57. The van der Waals surface area contributed by atoms with Gasteiger partial charge in [-0.15, -0.1) is 11.3 Å². The molecule has 2 aromatic rings. The molecule has 0 unspecified atom stereocenters. The van der Waals surface area contributed by atoms with E-state index in [0.29, 0.717) is 21.7 Å². The Morgan fingerprint density at radius 1 is 1.11 bits per heavy atom. The van der Waals surface area contributed by atoms with E-state index in [2.05, 4.69) is 4.98 Å². The van der Waals surface area contributed by atoms with Crippen LogP contribution in [0, 0.1) is 20.8 Å². The number of carbonyl (C=O) groups excluding carboxylic acids is 4. The van der Waals surface area contributed by atoms with Crippen molar-refractivity contribution in [2.24, 2.45) is 0 Å². The number of methoxy groups -OCH3 is 1. The van der Waals surface area contributed by atoms with Crippen LogP contribution in [0.4, 0.5) is 0 Å². The summed E-state index contributed by atoms with van der Waals surface area (Å²) < 4.78 is 9.90. The van der Waals surface area contributed by atoms with Crippen LogP contribution >= 0.6 is 11.3 Å². The van der Waals surface area contributed by atoms with Crippen molar-refractivity contribution in [2.75, 3.05) is 7.11 Å². The van der Waals surface area contributed by atoms with Gasteiger partial charge in [0, 0.05) is 17.0 Å². The average molecular weight is 405 g/mol. The van der Waals surface area contributed by atoms with E-state index in [-0.39, 0.29) is 24.3 Å². The summed E-state index contributed by atoms with van der Waals surface area (Å²) in [5.74, 6) is -1.76. The Labute approximate surface area is 167 Å². The quantitative estimate of drug-likeness (QED) is 0.532. The van der Waals surface area contributed by atoms with Crippen molar-refractivity contribution < 1.29 is 28.7 Å². The van der Waals surface area contributed by atoms with Gasteiger partial charge in [-0.1, -0.05) is 0 Å². The molecule has 0 saturated carbocycles. The number of thiophene rings is 1. The molecule has 0 aliphatic heterocycles. The number of carbonyl (C=O) groups is 4. The van der Waals surface area contributed by atoms with Crippen LogP contribution in [0.15, 0.2) is 12.1 Å². The second-order valence-electron chi connectivity index (χ2n) is 6.45. The first-order valence-electron chi connectivity index (χ1n) is 8.76. The van der Waals surface area contributed by atoms with Crippen molar-refractivity contribution in [3.63, 3.8) is 0 Å². The Kier molecular flexibility index (Phi) is 6.90. The van der Waals surface area contributed by atoms with Gasteiger partial charge in [-0.3, -0.25) is 14.4 Å². The number of aromatic amines is 1. The summed E-state index contributed by atoms with van der Waals surface area (Å²) in [6, 6.07) is 3.58. The van der Waals surface area contributed by atoms with Crippen LogP contribution in [-0.2, 0) is 14.3 Å². The van der Waals surface area contributed by atoms with Crippen molar-refractivity contribution in [1.82, 2.24) is 4.98 Å². The smallest absolute Gasteiger partial charge is 0.339 e. The van der Waals surface area contributed by atoms with Gasteiger partial charge in [-0.05, 0) is 45.4 Å². The zero-order valence-corrected chi connectivity index (χ0v) is 17.3. The molecule has 0 aromatic carbocycles. The van der Waals surface area contributed by atoms with Crippen LogP contribution in [0.3, 0.4) is 0 Å². The van der Waals surface area contributed by atoms with Gasteiger partial charge in [0.15, 0.2) is 11.9 Å². The fraction of sp³-hybridized carbons (Fsp3) is 0.400. The van der Waals surface area contributed by atoms with Gasteiger partial charge in [0.2, 0.25) is 5.78 Å². The predicted molar refractivity (Wildman–Crippen MR) is 104 cm³/mol. The molecule has 1 atom stereocenters. The van der Waals surface area contributed by atoms with E-state index in [9.17, 15) is 19.2 Å². The minimum Gasteiger partial charge on any atom is -0.465 e. The Morgan fingerprint density at radius 2 is 1.79 bits per heavy atom. The molecule has 0 saturated heterocycles. The van der Waals surface area contributed by atoms with E-state index < -0.39 is 23.8 Å². The summed E-state index contributed by atoms with van der Waals surface area (Å²) in [6.07, 6.45) is -1.13. The van der Waals surface area contributed by atoms with E-state index in [1.54, 1.807) is 19.9 Å². The second kappa shape index (κ2) is 8.97. The molecule has 2 rings (SSSR count). The van der Waals surface area contributed by atoms with Gasteiger partial charge in [-0.2, -0.15) is 0 Å². The molecular weight excluding hydrogens is 382 g/mol. The van der Waals surface area contributed by atoms with E-state index in [4.69, 9.17) is 9.47 Å². The molecule has 0 aliphatic carbocycles. The molecule has 28 heavy (non-hydrogen) atoms. The monoisotopic (exact) mass is 405 g/mol. The number of H-pyrrole nitrogens is 1. The summed E-state index contributed by atoms with van der Waals surface area (Å²) in [4.78, 5) is 53.0. The second-order valence-corrected chi connectivity index (χ2v) is 7.73. The minimum absolute atomic E-state index is 0.0207. The van der Waals surface area contributed by atoms with Gasteiger partial charge in [0.1, 0.15) is 0 Å². The summed E-state index contributed by atoms with van der Waals surface area (Å²) in [7, 11) is 1.26. The van der Waals surface area contributed by atoms with Crippen LogP contribution in [-0.4, -0.2) is 41.7 Å². The van der Waals surface area contributed by atoms with Crippen LogP contribution < -0.4 is 0 Å². The van der Waals surface area contributed by atoms with E-state index in [1.807, 2.05) is 13.0 Å². The first-order valence-corrected chi connectivity index (χ1v) is 9.58. The lowest BCUT2D eigenvalue weighted by atomic mass is 10.1. The van der Waals surface area contributed by atoms with E-state index >= 15 is 0 Å². The summed E-state index contributed by atoms with van der Waals surface area (Å²) in [5, 5.41) is 0. The molecule has 7 nitrogen and oxygen atoms in total. The minimum atomic E-state index is -1.05. The number of hydrogen-bond donors (Lipinski definition) is 1. The number of ether oxygens (including phenoxy) is 2. The number of esters is 2. The molecule has 0 amide bonds. The first kappa shape index (κ1) is 21.6. The van der Waals surface area contributed by atoms with Gasteiger partial charge < -0.3 is 14.5 Å². The Balaban J connectivity index is 1.97. The van der Waals surface area contributed by atoms with E-state index in [0.717, 1.165) is 4.88 Å². The number of hydrogen-bond acceptors (Lipinski definition) is 7. The molecule has 0 fully saturated rings. The lowest BCUT2D eigenvalue weighted by Crippen LogP contribution is -2.25. The molecule has 0 radical (unpaired) electrons. The largest absolute Gasteiger partial charge is 0.465 e. The van der Waals surface area contributed by atoms with Crippen LogP contribution in [0.5, 0.6) is 0 Å². The maximum absolute atomic E-state index is 12.6. The van der Waals surface area contributed by atoms with Crippen molar-refractivity contribution in [3.8, 4) is 0 Å². The molecule has 8 heteroatoms. The third kappa shape index (κ3) is 4.75. The summed E-state index contributed by atoms with van der Waals surface area (Å²) in [5.41, 5.74) is 1.44. The molecule has 2 heterocycles. The fourth-order valence-corrected chi connectivity index (χ4v) is 3.68.